The molecule has 0 N–H and O–H groups in total. The third-order valence-corrected chi connectivity index (χ3v) is 16.7. The minimum atomic E-state index is -0.490. The monoisotopic (exact) mass is 1050 g/mol. The summed E-state index contributed by atoms with van der Waals surface area (Å²) in [4.78, 5) is 4.88. The molecule has 2 heteroatoms. The Morgan fingerprint density at radius 2 is 0.463 bits per heavy atom. The van der Waals surface area contributed by atoms with Crippen LogP contribution in [0.15, 0.2) is 328 Å². The average Bonchev–Trinajstić information content (AvgIpc) is 1.58. The standard InChI is InChI=1S/C79H54N2.CH4.H2/c1-5-20-55(21-6-1)59-36-44-64(45-37-59)80(65-46-38-60(39-47-65)56-22-7-2-8-23-56)68-52-63(70-31-19-35-77-78(70)73-30-15-18-34-76(73)79(77)74-32-16-13-28-71(74)72-29-14-17-33-75(72)79)53-69(54-68)81(66-48-40-61(41-49-66)57-24-9-3-10-25-57)67-50-42-62(43-51-67)58-26-11-4-12-27-58;;/h1-54H;1H4;1H. The summed E-state index contributed by atoms with van der Waals surface area (Å²) >= 11 is 0. The molecule has 0 saturated carbocycles. The molecule has 0 bridgehead atoms. The van der Waals surface area contributed by atoms with Crippen LogP contribution in [0.2, 0.25) is 0 Å². The molecule has 0 heterocycles. The summed E-state index contributed by atoms with van der Waals surface area (Å²) in [6, 6.07) is 120. The van der Waals surface area contributed by atoms with Gasteiger partial charge in [0.25, 0.3) is 0 Å². The van der Waals surface area contributed by atoms with E-state index in [9.17, 15) is 0 Å². The summed E-state index contributed by atoms with van der Waals surface area (Å²) in [7, 11) is 0. The van der Waals surface area contributed by atoms with E-state index >= 15 is 0 Å². The fourth-order valence-electron chi connectivity index (χ4n) is 13.0. The van der Waals surface area contributed by atoms with Gasteiger partial charge in [0.2, 0.25) is 0 Å². The molecule has 0 amide bonds. The number of anilines is 6. The molecule has 390 valence electrons. The highest BCUT2D eigenvalue weighted by Crippen LogP contribution is 2.64. The maximum Gasteiger partial charge on any atom is 0.0725 e. The van der Waals surface area contributed by atoms with Crippen LogP contribution in [0.1, 0.15) is 31.1 Å². The van der Waals surface area contributed by atoms with Crippen molar-refractivity contribution in [2.45, 2.75) is 12.8 Å². The molecule has 0 radical (unpaired) electrons. The lowest BCUT2D eigenvalue weighted by Crippen LogP contribution is -2.25. The smallest absolute Gasteiger partial charge is 0.0725 e. The van der Waals surface area contributed by atoms with E-state index in [4.69, 9.17) is 0 Å². The van der Waals surface area contributed by atoms with Gasteiger partial charge >= 0.3 is 0 Å². The van der Waals surface area contributed by atoms with E-state index in [-0.39, 0.29) is 8.85 Å². The topological polar surface area (TPSA) is 6.48 Å². The molecule has 0 aliphatic heterocycles. The van der Waals surface area contributed by atoms with Gasteiger partial charge in [-0.15, -0.1) is 0 Å². The lowest BCUT2D eigenvalue weighted by atomic mass is 9.70. The second kappa shape index (κ2) is 20.9. The van der Waals surface area contributed by atoms with Crippen molar-refractivity contribution in [1.29, 1.82) is 0 Å². The number of fused-ring (bicyclic) bond motifs is 10. The highest BCUT2D eigenvalue weighted by Gasteiger charge is 2.52. The van der Waals surface area contributed by atoms with Crippen LogP contribution in [0.4, 0.5) is 34.1 Å². The van der Waals surface area contributed by atoms with Crippen molar-refractivity contribution in [2.24, 2.45) is 0 Å². The van der Waals surface area contributed by atoms with Crippen molar-refractivity contribution >= 4 is 34.1 Å². The Hall–Kier alpha value is -10.5. The SMILES string of the molecule is C.[HH].c1ccc(-c2ccc(N(c3ccc(-c4ccccc4)cc3)c3cc(-c4cccc5c4-c4ccccc4C54c5ccccc5-c5ccccc54)cc(N(c4ccc(-c5ccccc5)cc4)c4ccc(-c5ccccc5)cc4)c3)cc2)cc1. The first kappa shape index (κ1) is 49.7. The predicted octanol–water partition coefficient (Wildman–Crippen LogP) is 22.2. The van der Waals surface area contributed by atoms with Gasteiger partial charge in [0.1, 0.15) is 0 Å². The van der Waals surface area contributed by atoms with Crippen LogP contribution >= 0.6 is 0 Å². The average molecular weight is 1050 g/mol. The van der Waals surface area contributed by atoms with Crippen molar-refractivity contribution in [2.75, 3.05) is 9.80 Å². The Kier molecular flexibility index (Phi) is 12.7. The normalized spacial score (nSPS) is 12.1. The summed E-state index contributed by atoms with van der Waals surface area (Å²) in [6.45, 7) is 0. The second-order valence-electron chi connectivity index (χ2n) is 21.2. The fourth-order valence-corrected chi connectivity index (χ4v) is 13.0. The number of nitrogens with zero attached hydrogens (tertiary/aromatic N) is 2. The molecule has 0 fully saturated rings. The Labute approximate surface area is 483 Å². The van der Waals surface area contributed by atoms with Crippen molar-refractivity contribution in [3.63, 3.8) is 0 Å². The molecule has 2 aliphatic carbocycles. The first-order valence-electron chi connectivity index (χ1n) is 28.0. The minimum absolute atomic E-state index is 0. The van der Waals surface area contributed by atoms with E-state index in [0.717, 1.165) is 39.7 Å². The highest BCUT2D eigenvalue weighted by molar-refractivity contribution is 6.01. The molecule has 13 aromatic rings. The molecule has 1 spiro atoms. The lowest BCUT2D eigenvalue weighted by Gasteiger charge is -2.31. The molecule has 82 heavy (non-hydrogen) atoms. The van der Waals surface area contributed by atoms with E-state index in [2.05, 4.69) is 337 Å². The molecule has 2 nitrogen and oxygen atoms in total. The van der Waals surface area contributed by atoms with E-state index in [1.807, 2.05) is 0 Å². The van der Waals surface area contributed by atoms with E-state index < -0.39 is 5.41 Å². The molecule has 0 atom stereocenters. The molecule has 0 saturated heterocycles. The third kappa shape index (κ3) is 8.43. The zero-order valence-electron chi connectivity index (χ0n) is 44.6. The summed E-state index contributed by atoms with van der Waals surface area (Å²) in [6.07, 6.45) is 0. The summed E-state index contributed by atoms with van der Waals surface area (Å²) in [5.74, 6) is 0. The molecule has 2 aliphatic rings. The Morgan fingerprint density at radius 1 is 0.195 bits per heavy atom. The van der Waals surface area contributed by atoms with Gasteiger partial charge in [-0.2, -0.15) is 0 Å². The maximum absolute atomic E-state index is 2.44. The van der Waals surface area contributed by atoms with Crippen LogP contribution in [0.5, 0.6) is 0 Å². The Bertz CT molecular complexity index is 4010. The van der Waals surface area contributed by atoms with Crippen LogP contribution in [0.25, 0.3) is 77.9 Å². The van der Waals surface area contributed by atoms with Crippen LogP contribution < -0.4 is 9.80 Å². The number of benzene rings is 13. The van der Waals surface area contributed by atoms with Gasteiger partial charge < -0.3 is 9.80 Å². The summed E-state index contributed by atoms with van der Waals surface area (Å²) in [5.41, 5.74) is 27.9. The van der Waals surface area contributed by atoms with Crippen molar-refractivity contribution < 1.29 is 1.43 Å². The number of hydrogen-bond acceptors (Lipinski definition) is 2. The lowest BCUT2D eigenvalue weighted by molar-refractivity contribution is 0.794. The van der Waals surface area contributed by atoms with Crippen LogP contribution in [-0.2, 0) is 5.41 Å². The first-order valence-corrected chi connectivity index (χ1v) is 28.0. The second-order valence-corrected chi connectivity index (χ2v) is 21.2. The van der Waals surface area contributed by atoms with Gasteiger partial charge in [-0.05, 0) is 167 Å². The van der Waals surface area contributed by atoms with Crippen LogP contribution in [-0.4, -0.2) is 0 Å². The fraction of sp³-hybridized carbons (Fsp3) is 0.0250. The van der Waals surface area contributed by atoms with Gasteiger partial charge in [-0.1, -0.05) is 268 Å². The molecular weight excluding hydrogens is 989 g/mol. The minimum Gasteiger partial charge on any atom is -0.310 e. The van der Waals surface area contributed by atoms with Crippen LogP contribution in [0, 0.1) is 0 Å². The summed E-state index contributed by atoms with van der Waals surface area (Å²) < 4.78 is 0. The number of hydrogen-bond donors (Lipinski definition) is 0. The molecule has 13 aromatic carbocycles. The Balaban J connectivity index is 0.00000322. The van der Waals surface area contributed by atoms with Crippen molar-refractivity contribution in [3.8, 4) is 77.9 Å². The highest BCUT2D eigenvalue weighted by atomic mass is 15.2. The predicted molar refractivity (Wildman–Crippen MR) is 348 cm³/mol. The maximum atomic E-state index is 2.44. The van der Waals surface area contributed by atoms with Gasteiger partial charge in [-0.3, -0.25) is 0 Å². The third-order valence-electron chi connectivity index (χ3n) is 16.7. The first-order chi connectivity index (χ1) is 40.2. The van der Waals surface area contributed by atoms with E-state index in [0.29, 0.717) is 0 Å². The van der Waals surface area contributed by atoms with Gasteiger partial charge in [0.15, 0.2) is 0 Å². The quantitative estimate of drug-likeness (QED) is 0.127. The number of rotatable bonds is 11. The van der Waals surface area contributed by atoms with Gasteiger partial charge in [0, 0.05) is 35.6 Å². The molecular formula is C80H60N2. The molecule has 15 rings (SSSR count). The Morgan fingerprint density at radius 3 is 0.817 bits per heavy atom. The van der Waals surface area contributed by atoms with E-state index in [1.54, 1.807) is 0 Å². The zero-order chi connectivity index (χ0) is 53.7. The van der Waals surface area contributed by atoms with Crippen molar-refractivity contribution in [1.82, 2.24) is 0 Å². The van der Waals surface area contributed by atoms with Gasteiger partial charge in [0.05, 0.1) is 5.41 Å². The summed E-state index contributed by atoms with van der Waals surface area (Å²) in [5, 5.41) is 0. The zero-order valence-corrected chi connectivity index (χ0v) is 44.6. The molecule has 0 aromatic heterocycles. The van der Waals surface area contributed by atoms with Gasteiger partial charge in [-0.25, -0.2) is 0 Å². The van der Waals surface area contributed by atoms with Crippen molar-refractivity contribution in [3.05, 3.63) is 350 Å². The molecule has 0 unspecified atom stereocenters. The van der Waals surface area contributed by atoms with Crippen LogP contribution in [0.3, 0.4) is 0 Å². The van der Waals surface area contributed by atoms with E-state index in [1.165, 1.54) is 94.6 Å². The largest absolute Gasteiger partial charge is 0.310 e.